The van der Waals surface area contributed by atoms with Crippen LogP contribution in [0.3, 0.4) is 0 Å². The summed E-state index contributed by atoms with van der Waals surface area (Å²) in [6.45, 7) is 6.75. The fourth-order valence-corrected chi connectivity index (χ4v) is 3.91. The summed E-state index contributed by atoms with van der Waals surface area (Å²) in [5.74, 6) is -0.0813. The number of halogens is 1. The van der Waals surface area contributed by atoms with Crippen LogP contribution in [0.25, 0.3) is 0 Å². The minimum Gasteiger partial charge on any atom is -0.359 e. The Balaban J connectivity index is 1.64. The lowest BCUT2D eigenvalue weighted by atomic mass is 9.89. The van der Waals surface area contributed by atoms with E-state index in [-0.39, 0.29) is 41.3 Å². The van der Waals surface area contributed by atoms with Gasteiger partial charge in [-0.2, -0.15) is 0 Å². The van der Waals surface area contributed by atoms with Crippen molar-refractivity contribution in [1.29, 1.82) is 0 Å². The molecular formula is C24H32FN3O3. The Morgan fingerprint density at radius 3 is 2.48 bits per heavy atom. The van der Waals surface area contributed by atoms with Crippen molar-refractivity contribution in [2.24, 2.45) is 5.41 Å². The molecule has 168 valence electrons. The fourth-order valence-electron chi connectivity index (χ4n) is 3.91. The lowest BCUT2D eigenvalue weighted by molar-refractivity contribution is -0.137. The second-order valence-electron chi connectivity index (χ2n) is 9.54. The van der Waals surface area contributed by atoms with E-state index in [1.165, 1.54) is 18.6 Å². The molecule has 31 heavy (non-hydrogen) atoms. The van der Waals surface area contributed by atoms with Gasteiger partial charge < -0.3 is 14.7 Å². The molecule has 0 atom stereocenters. The van der Waals surface area contributed by atoms with Gasteiger partial charge in [0.15, 0.2) is 11.5 Å². The van der Waals surface area contributed by atoms with Crippen LogP contribution in [0.4, 0.5) is 4.39 Å². The Bertz CT molecular complexity index is 880. The SMILES string of the molecule is CC(C)(C)CC(=O)N(Cc1cc(C(=O)NCc2ccc(F)cc2)no1)C1CCCCC1. The third-order valence-corrected chi connectivity index (χ3v) is 5.50. The molecule has 6 nitrogen and oxygen atoms in total. The Kier molecular flexibility index (Phi) is 7.46. The monoisotopic (exact) mass is 429 g/mol. The number of hydrogen-bond donors (Lipinski definition) is 1. The molecule has 0 bridgehead atoms. The van der Waals surface area contributed by atoms with Gasteiger partial charge >= 0.3 is 0 Å². The molecule has 1 aromatic carbocycles. The van der Waals surface area contributed by atoms with E-state index in [4.69, 9.17) is 4.52 Å². The predicted octanol–water partition coefficient (Wildman–Crippen LogP) is 4.84. The summed E-state index contributed by atoms with van der Waals surface area (Å²) in [4.78, 5) is 27.4. The normalized spacial score (nSPS) is 15.0. The Labute approximate surface area is 183 Å². The van der Waals surface area contributed by atoms with Crippen molar-refractivity contribution in [3.8, 4) is 0 Å². The molecule has 1 aliphatic carbocycles. The Morgan fingerprint density at radius 1 is 1.16 bits per heavy atom. The number of carbonyl (C=O) groups is 2. The van der Waals surface area contributed by atoms with Crippen molar-refractivity contribution < 1.29 is 18.5 Å². The number of carbonyl (C=O) groups excluding carboxylic acids is 2. The van der Waals surface area contributed by atoms with E-state index in [2.05, 4.69) is 31.2 Å². The first-order valence-corrected chi connectivity index (χ1v) is 11.0. The Morgan fingerprint density at radius 2 is 1.84 bits per heavy atom. The van der Waals surface area contributed by atoms with Crippen molar-refractivity contribution in [1.82, 2.24) is 15.4 Å². The molecule has 1 fully saturated rings. The maximum Gasteiger partial charge on any atom is 0.273 e. The highest BCUT2D eigenvalue weighted by Crippen LogP contribution is 2.28. The molecule has 0 unspecified atom stereocenters. The lowest BCUT2D eigenvalue weighted by Crippen LogP contribution is -2.42. The maximum atomic E-state index is 13.0. The van der Waals surface area contributed by atoms with Crippen molar-refractivity contribution in [2.45, 2.75) is 78.4 Å². The lowest BCUT2D eigenvalue weighted by Gasteiger charge is -2.35. The van der Waals surface area contributed by atoms with Gasteiger partial charge in [-0.05, 0) is 36.0 Å². The van der Waals surface area contributed by atoms with Gasteiger partial charge in [0.2, 0.25) is 5.91 Å². The fraction of sp³-hybridized carbons (Fsp3) is 0.542. The second-order valence-corrected chi connectivity index (χ2v) is 9.54. The summed E-state index contributed by atoms with van der Waals surface area (Å²) in [5.41, 5.74) is 0.857. The van der Waals surface area contributed by atoms with Crippen LogP contribution in [-0.4, -0.2) is 27.9 Å². The highest BCUT2D eigenvalue weighted by molar-refractivity contribution is 5.92. The van der Waals surface area contributed by atoms with Crippen LogP contribution in [-0.2, 0) is 17.9 Å². The predicted molar refractivity (Wildman–Crippen MR) is 116 cm³/mol. The van der Waals surface area contributed by atoms with Crippen LogP contribution in [0.2, 0.25) is 0 Å². The van der Waals surface area contributed by atoms with E-state index in [0.29, 0.717) is 18.7 Å². The first kappa shape index (κ1) is 23.0. The number of nitrogens with zero attached hydrogens (tertiary/aromatic N) is 2. The van der Waals surface area contributed by atoms with E-state index in [9.17, 15) is 14.0 Å². The van der Waals surface area contributed by atoms with Gasteiger partial charge in [0.05, 0.1) is 6.54 Å². The van der Waals surface area contributed by atoms with Gasteiger partial charge in [0, 0.05) is 25.1 Å². The topological polar surface area (TPSA) is 75.4 Å². The number of amides is 2. The van der Waals surface area contributed by atoms with Crippen LogP contribution in [0.5, 0.6) is 0 Å². The van der Waals surface area contributed by atoms with Gasteiger partial charge in [0.25, 0.3) is 5.91 Å². The van der Waals surface area contributed by atoms with Crippen LogP contribution in [0.1, 0.15) is 81.1 Å². The van der Waals surface area contributed by atoms with E-state index in [1.54, 1.807) is 18.2 Å². The van der Waals surface area contributed by atoms with Gasteiger partial charge in [-0.25, -0.2) is 4.39 Å². The molecule has 1 aromatic heterocycles. The van der Waals surface area contributed by atoms with Gasteiger partial charge in [-0.1, -0.05) is 57.3 Å². The molecule has 0 spiro atoms. The first-order chi connectivity index (χ1) is 14.7. The number of nitrogens with one attached hydrogen (secondary N) is 1. The largest absolute Gasteiger partial charge is 0.359 e. The minimum atomic E-state index is -0.371. The zero-order chi connectivity index (χ0) is 22.4. The molecule has 2 aromatic rings. The average molecular weight is 430 g/mol. The quantitative estimate of drug-likeness (QED) is 0.683. The standard InChI is InChI=1S/C24H32FN3O3/c1-24(2,3)14-22(29)28(19-7-5-4-6-8-19)16-20-13-21(27-31-20)23(30)26-15-17-9-11-18(25)12-10-17/h9-13,19H,4-8,14-16H2,1-3H3,(H,26,30). The first-order valence-electron chi connectivity index (χ1n) is 11.0. The maximum absolute atomic E-state index is 13.0. The number of rotatable bonds is 7. The smallest absolute Gasteiger partial charge is 0.273 e. The van der Waals surface area contributed by atoms with Crippen LogP contribution in [0, 0.1) is 11.2 Å². The molecule has 2 amide bonds. The summed E-state index contributed by atoms with van der Waals surface area (Å²) in [6.07, 6.45) is 5.90. The van der Waals surface area contributed by atoms with Crippen LogP contribution >= 0.6 is 0 Å². The van der Waals surface area contributed by atoms with E-state index in [0.717, 1.165) is 31.2 Å². The molecular weight excluding hydrogens is 397 g/mol. The third kappa shape index (κ3) is 6.91. The van der Waals surface area contributed by atoms with E-state index in [1.807, 2.05) is 4.90 Å². The number of hydrogen-bond acceptors (Lipinski definition) is 4. The summed E-state index contributed by atoms with van der Waals surface area (Å²) >= 11 is 0. The van der Waals surface area contributed by atoms with Crippen molar-refractivity contribution in [3.63, 3.8) is 0 Å². The summed E-state index contributed by atoms with van der Waals surface area (Å²) in [7, 11) is 0. The molecule has 7 heteroatoms. The zero-order valence-corrected chi connectivity index (χ0v) is 18.6. The van der Waals surface area contributed by atoms with Gasteiger partial charge in [-0.15, -0.1) is 0 Å². The molecule has 0 aliphatic heterocycles. The van der Waals surface area contributed by atoms with Crippen LogP contribution < -0.4 is 5.32 Å². The van der Waals surface area contributed by atoms with Crippen LogP contribution in [0.15, 0.2) is 34.9 Å². The average Bonchev–Trinajstić information content (AvgIpc) is 3.19. The second kappa shape index (κ2) is 10.1. The van der Waals surface area contributed by atoms with Crippen molar-refractivity contribution in [3.05, 3.63) is 53.2 Å². The highest BCUT2D eigenvalue weighted by atomic mass is 19.1. The third-order valence-electron chi connectivity index (χ3n) is 5.50. The molecule has 0 radical (unpaired) electrons. The minimum absolute atomic E-state index is 0.100. The molecule has 1 heterocycles. The summed E-state index contributed by atoms with van der Waals surface area (Å²) in [5, 5.41) is 6.64. The molecule has 1 aliphatic rings. The molecule has 1 N–H and O–H groups in total. The summed E-state index contributed by atoms with van der Waals surface area (Å²) < 4.78 is 18.4. The summed E-state index contributed by atoms with van der Waals surface area (Å²) in [6, 6.07) is 7.73. The Hall–Kier alpha value is -2.70. The van der Waals surface area contributed by atoms with Gasteiger partial charge in [0.1, 0.15) is 5.82 Å². The van der Waals surface area contributed by atoms with Crippen molar-refractivity contribution in [2.75, 3.05) is 0 Å². The van der Waals surface area contributed by atoms with E-state index < -0.39 is 0 Å². The highest BCUT2D eigenvalue weighted by Gasteiger charge is 2.29. The molecule has 3 rings (SSSR count). The number of benzene rings is 1. The zero-order valence-electron chi connectivity index (χ0n) is 18.6. The van der Waals surface area contributed by atoms with E-state index >= 15 is 0 Å². The molecule has 1 saturated carbocycles. The van der Waals surface area contributed by atoms with Gasteiger partial charge in [-0.3, -0.25) is 9.59 Å². The number of aromatic nitrogens is 1. The molecule has 0 saturated heterocycles. The van der Waals surface area contributed by atoms with Crippen molar-refractivity contribution >= 4 is 11.8 Å².